The van der Waals surface area contributed by atoms with Crippen LogP contribution in [0.3, 0.4) is 0 Å². The van der Waals surface area contributed by atoms with E-state index in [1.807, 2.05) is 0 Å². The molecule has 1 aliphatic rings. The smallest absolute Gasteiger partial charge is 0.123 e. The van der Waals surface area contributed by atoms with Crippen LogP contribution in [0, 0.1) is 11.7 Å². The molecule has 1 fully saturated rings. The minimum Gasteiger partial charge on any atom is -0.496 e. The molecule has 5 heteroatoms. The number of benzene rings is 1. The molecule has 0 unspecified atom stereocenters. The van der Waals surface area contributed by atoms with Gasteiger partial charge in [0.05, 0.1) is 7.11 Å². The molecule has 2 rings (SSSR count). The summed E-state index contributed by atoms with van der Waals surface area (Å²) >= 11 is 0. The van der Waals surface area contributed by atoms with Gasteiger partial charge in [0, 0.05) is 37.8 Å². The first kappa shape index (κ1) is 18.2. The third-order valence-electron chi connectivity index (χ3n) is 3.84. The molecule has 120 valence electrons. The monoisotopic (exact) mass is 316 g/mol. The van der Waals surface area contributed by atoms with Gasteiger partial charge in [0.25, 0.3) is 0 Å². The number of nitrogens with zero attached hydrogens (tertiary/aromatic N) is 1. The molecule has 1 N–H and O–H groups in total. The molecule has 0 amide bonds. The number of nitrogens with one attached hydrogen (secondary N) is 1. The molecule has 1 aromatic rings. The van der Waals surface area contributed by atoms with Crippen LogP contribution in [0.25, 0.3) is 0 Å². The molecule has 3 nitrogen and oxygen atoms in total. The van der Waals surface area contributed by atoms with Crippen molar-refractivity contribution in [2.24, 2.45) is 5.92 Å². The van der Waals surface area contributed by atoms with E-state index in [4.69, 9.17) is 4.74 Å². The van der Waals surface area contributed by atoms with Crippen molar-refractivity contribution in [3.8, 4) is 5.75 Å². The second-order valence-electron chi connectivity index (χ2n) is 5.82. The fourth-order valence-electron chi connectivity index (χ4n) is 2.88. The highest BCUT2D eigenvalue weighted by Crippen LogP contribution is 2.34. The number of methoxy groups -OCH3 is 1. The van der Waals surface area contributed by atoms with Crippen LogP contribution in [0.2, 0.25) is 0 Å². The topological polar surface area (TPSA) is 24.5 Å². The minimum atomic E-state index is -0.190. The van der Waals surface area contributed by atoms with Crippen molar-refractivity contribution in [3.05, 3.63) is 29.6 Å². The van der Waals surface area contributed by atoms with Crippen molar-refractivity contribution in [2.45, 2.75) is 26.3 Å². The summed E-state index contributed by atoms with van der Waals surface area (Å²) in [5.74, 6) is 1.16. The highest BCUT2D eigenvalue weighted by molar-refractivity contribution is 5.85. The second kappa shape index (κ2) is 8.57. The van der Waals surface area contributed by atoms with Crippen LogP contribution in [0.15, 0.2) is 18.2 Å². The highest BCUT2D eigenvalue weighted by Gasteiger charge is 2.26. The van der Waals surface area contributed by atoms with E-state index < -0.39 is 0 Å². The largest absolute Gasteiger partial charge is 0.496 e. The Bertz CT molecular complexity index is 436. The lowest BCUT2D eigenvalue weighted by Gasteiger charge is -2.36. The maximum atomic E-state index is 13.7. The van der Waals surface area contributed by atoms with Crippen molar-refractivity contribution in [2.75, 3.05) is 33.3 Å². The fraction of sp³-hybridized carbons (Fsp3) is 0.625. The minimum absolute atomic E-state index is 0. The lowest BCUT2D eigenvalue weighted by Crippen LogP contribution is -2.45. The Balaban J connectivity index is 0.00000220. The van der Waals surface area contributed by atoms with Gasteiger partial charge in [-0.05, 0) is 30.5 Å². The van der Waals surface area contributed by atoms with Crippen molar-refractivity contribution < 1.29 is 9.13 Å². The molecule has 1 atom stereocenters. The van der Waals surface area contributed by atoms with Crippen LogP contribution in [-0.4, -0.2) is 38.2 Å². The highest BCUT2D eigenvalue weighted by atomic mass is 35.5. The molecule has 1 saturated heterocycles. The van der Waals surface area contributed by atoms with E-state index in [0.29, 0.717) is 5.92 Å². The maximum Gasteiger partial charge on any atom is 0.123 e. The summed E-state index contributed by atoms with van der Waals surface area (Å²) in [7, 11) is 1.65. The van der Waals surface area contributed by atoms with Crippen LogP contribution in [-0.2, 0) is 0 Å². The van der Waals surface area contributed by atoms with Crippen molar-refractivity contribution in [1.82, 2.24) is 10.2 Å². The Morgan fingerprint density at radius 2 is 1.95 bits per heavy atom. The summed E-state index contributed by atoms with van der Waals surface area (Å²) in [6.07, 6.45) is 1.01. The van der Waals surface area contributed by atoms with Crippen LogP contribution in [0.1, 0.15) is 31.9 Å². The molecule has 0 radical (unpaired) electrons. The zero-order chi connectivity index (χ0) is 14.5. The second-order valence-corrected chi connectivity index (χ2v) is 5.82. The molecule has 0 aliphatic carbocycles. The first-order valence-electron chi connectivity index (χ1n) is 7.40. The third kappa shape index (κ3) is 4.83. The maximum absolute atomic E-state index is 13.7. The number of ether oxygens (including phenoxy) is 1. The van der Waals surface area contributed by atoms with E-state index in [1.54, 1.807) is 19.2 Å². The number of rotatable bonds is 5. The zero-order valence-corrected chi connectivity index (χ0v) is 13.9. The molecule has 0 spiro atoms. The van der Waals surface area contributed by atoms with Crippen LogP contribution in [0.5, 0.6) is 5.75 Å². The van der Waals surface area contributed by atoms with Gasteiger partial charge in [-0.1, -0.05) is 13.8 Å². The molecular formula is C16H26ClFN2O. The molecule has 1 heterocycles. The molecule has 0 bridgehead atoms. The molecule has 21 heavy (non-hydrogen) atoms. The number of halogens is 2. The van der Waals surface area contributed by atoms with Crippen molar-refractivity contribution >= 4 is 12.4 Å². The quantitative estimate of drug-likeness (QED) is 0.902. The summed E-state index contributed by atoms with van der Waals surface area (Å²) in [5, 5.41) is 3.37. The SMILES string of the molecule is COc1ccc(F)cc1[C@H](CC(C)C)N1CCNCC1.Cl. The normalized spacial score (nSPS) is 17.4. The lowest BCUT2D eigenvalue weighted by atomic mass is 9.94. The van der Waals surface area contributed by atoms with Crippen LogP contribution < -0.4 is 10.1 Å². The molecular weight excluding hydrogens is 291 g/mol. The van der Waals surface area contributed by atoms with E-state index in [9.17, 15) is 4.39 Å². The summed E-state index contributed by atoms with van der Waals surface area (Å²) in [6.45, 7) is 8.40. The zero-order valence-electron chi connectivity index (χ0n) is 13.1. The van der Waals surface area contributed by atoms with Gasteiger partial charge in [-0.3, -0.25) is 4.90 Å². The first-order valence-corrected chi connectivity index (χ1v) is 7.40. The Morgan fingerprint density at radius 1 is 1.29 bits per heavy atom. The predicted molar refractivity (Wildman–Crippen MR) is 86.8 cm³/mol. The fourth-order valence-corrected chi connectivity index (χ4v) is 2.88. The van der Waals surface area contributed by atoms with Gasteiger partial charge in [-0.2, -0.15) is 0 Å². The first-order chi connectivity index (χ1) is 9.61. The van der Waals surface area contributed by atoms with Crippen molar-refractivity contribution in [1.29, 1.82) is 0 Å². The average molecular weight is 317 g/mol. The van der Waals surface area contributed by atoms with E-state index in [-0.39, 0.29) is 24.3 Å². The predicted octanol–water partition coefficient (Wildman–Crippen LogP) is 3.25. The molecule has 0 aromatic heterocycles. The number of piperazine rings is 1. The summed E-state index contributed by atoms with van der Waals surface area (Å²) in [6, 6.07) is 5.06. The van der Waals surface area contributed by atoms with E-state index in [0.717, 1.165) is 43.9 Å². The Morgan fingerprint density at radius 3 is 2.52 bits per heavy atom. The molecule has 0 saturated carbocycles. The Labute approximate surface area is 133 Å². The van der Waals surface area contributed by atoms with Gasteiger partial charge in [-0.15, -0.1) is 12.4 Å². The Hall–Kier alpha value is -0.840. The van der Waals surface area contributed by atoms with E-state index in [2.05, 4.69) is 24.1 Å². The van der Waals surface area contributed by atoms with Gasteiger partial charge >= 0.3 is 0 Å². The van der Waals surface area contributed by atoms with Gasteiger partial charge in [0.2, 0.25) is 0 Å². The number of hydrogen-bond donors (Lipinski definition) is 1. The molecule has 1 aromatic carbocycles. The van der Waals surface area contributed by atoms with Crippen LogP contribution in [0.4, 0.5) is 4.39 Å². The number of hydrogen-bond acceptors (Lipinski definition) is 3. The van der Waals surface area contributed by atoms with Gasteiger partial charge in [0.15, 0.2) is 0 Å². The molecule has 1 aliphatic heterocycles. The van der Waals surface area contributed by atoms with Gasteiger partial charge < -0.3 is 10.1 Å². The van der Waals surface area contributed by atoms with Gasteiger partial charge in [0.1, 0.15) is 11.6 Å². The standard InChI is InChI=1S/C16H25FN2O.ClH/c1-12(2)10-15(19-8-6-18-7-9-19)14-11-13(17)4-5-16(14)20-3;/h4-5,11-12,15,18H,6-10H2,1-3H3;1H/t15-;/m0./s1. The summed E-state index contributed by atoms with van der Waals surface area (Å²) in [4.78, 5) is 2.44. The van der Waals surface area contributed by atoms with E-state index >= 15 is 0 Å². The average Bonchev–Trinajstić information content (AvgIpc) is 2.45. The van der Waals surface area contributed by atoms with Crippen LogP contribution >= 0.6 is 12.4 Å². The lowest BCUT2D eigenvalue weighted by molar-refractivity contribution is 0.151. The van der Waals surface area contributed by atoms with E-state index in [1.165, 1.54) is 6.07 Å². The summed E-state index contributed by atoms with van der Waals surface area (Å²) < 4.78 is 19.1. The third-order valence-corrected chi connectivity index (χ3v) is 3.84. The van der Waals surface area contributed by atoms with Gasteiger partial charge in [-0.25, -0.2) is 4.39 Å². The van der Waals surface area contributed by atoms with Crippen molar-refractivity contribution in [3.63, 3.8) is 0 Å². The summed E-state index contributed by atoms with van der Waals surface area (Å²) in [5.41, 5.74) is 0.975. The Kier molecular flexibility index (Phi) is 7.43.